The van der Waals surface area contributed by atoms with E-state index in [0.717, 1.165) is 36.8 Å². The lowest BCUT2D eigenvalue weighted by Crippen LogP contribution is -2.50. The van der Waals surface area contributed by atoms with Crippen molar-refractivity contribution in [3.05, 3.63) is 64.7 Å². The van der Waals surface area contributed by atoms with Crippen molar-refractivity contribution in [1.29, 1.82) is 0 Å². The van der Waals surface area contributed by atoms with Crippen molar-refractivity contribution in [2.45, 2.75) is 58.2 Å². The van der Waals surface area contributed by atoms with E-state index in [4.69, 9.17) is 16.3 Å². The number of carbonyl (C=O) groups excluding carboxylic acids is 2. The van der Waals surface area contributed by atoms with Crippen LogP contribution in [0.5, 0.6) is 5.75 Å². The number of rotatable bonds is 8. The monoisotopic (exact) mass is 428 g/mol. The Hall–Kier alpha value is -2.53. The van der Waals surface area contributed by atoms with Gasteiger partial charge in [-0.3, -0.25) is 9.59 Å². The number of amides is 2. The second kappa shape index (κ2) is 10.5. The summed E-state index contributed by atoms with van der Waals surface area (Å²) >= 11 is 5.98. The van der Waals surface area contributed by atoms with Crippen LogP contribution in [0.1, 0.15) is 43.7 Å². The van der Waals surface area contributed by atoms with Crippen molar-refractivity contribution < 1.29 is 14.3 Å². The van der Waals surface area contributed by atoms with Gasteiger partial charge in [0.05, 0.1) is 0 Å². The number of nitrogens with zero attached hydrogens (tertiary/aromatic N) is 1. The van der Waals surface area contributed by atoms with E-state index in [0.29, 0.717) is 17.3 Å². The van der Waals surface area contributed by atoms with Crippen LogP contribution >= 0.6 is 11.6 Å². The second-order valence-corrected chi connectivity index (χ2v) is 8.36. The summed E-state index contributed by atoms with van der Waals surface area (Å²) in [5, 5.41) is 3.73. The number of nitrogens with one attached hydrogen (secondary N) is 1. The number of carbonyl (C=O) groups is 2. The van der Waals surface area contributed by atoms with Crippen LogP contribution in [0, 0.1) is 6.92 Å². The highest BCUT2D eigenvalue weighted by atomic mass is 35.5. The van der Waals surface area contributed by atoms with Crippen molar-refractivity contribution in [1.82, 2.24) is 10.2 Å². The van der Waals surface area contributed by atoms with E-state index in [-0.39, 0.29) is 24.5 Å². The molecule has 0 heterocycles. The highest BCUT2D eigenvalue weighted by Gasteiger charge is 2.28. The lowest BCUT2D eigenvalue weighted by Gasteiger charge is -2.29. The Morgan fingerprint density at radius 3 is 2.53 bits per heavy atom. The molecule has 30 heavy (non-hydrogen) atoms. The Balaban J connectivity index is 1.70. The second-order valence-electron chi connectivity index (χ2n) is 7.92. The average molecular weight is 429 g/mol. The van der Waals surface area contributed by atoms with E-state index in [1.165, 1.54) is 0 Å². The molecule has 160 valence electrons. The molecule has 0 bridgehead atoms. The molecule has 0 spiro atoms. The van der Waals surface area contributed by atoms with E-state index >= 15 is 0 Å². The molecule has 1 unspecified atom stereocenters. The third-order valence-electron chi connectivity index (χ3n) is 5.49. The molecular weight excluding hydrogens is 400 g/mol. The van der Waals surface area contributed by atoms with Crippen molar-refractivity contribution in [3.8, 4) is 5.75 Å². The first-order chi connectivity index (χ1) is 14.4. The highest BCUT2D eigenvalue weighted by Crippen LogP contribution is 2.19. The number of hydrogen-bond acceptors (Lipinski definition) is 3. The molecule has 0 aromatic heterocycles. The zero-order valence-electron chi connectivity index (χ0n) is 17.6. The summed E-state index contributed by atoms with van der Waals surface area (Å²) in [5.74, 6) is 0.276. The zero-order valence-corrected chi connectivity index (χ0v) is 18.3. The Bertz CT molecular complexity index is 863. The van der Waals surface area contributed by atoms with Crippen molar-refractivity contribution >= 4 is 23.4 Å². The van der Waals surface area contributed by atoms with Gasteiger partial charge in [0.2, 0.25) is 5.91 Å². The Kier molecular flexibility index (Phi) is 7.75. The van der Waals surface area contributed by atoms with Crippen LogP contribution in [0.15, 0.2) is 48.5 Å². The van der Waals surface area contributed by atoms with Crippen LogP contribution in [0.2, 0.25) is 5.02 Å². The smallest absolute Gasteiger partial charge is 0.261 e. The fourth-order valence-electron chi connectivity index (χ4n) is 3.69. The molecule has 5 nitrogen and oxygen atoms in total. The molecule has 3 rings (SSSR count). The SMILES string of the molecule is Cc1cccc(OCC(=O)N(Cc2ccc(Cl)cc2)C(C)C(=O)NC2CCCC2)c1. The Labute approximate surface area is 183 Å². The summed E-state index contributed by atoms with van der Waals surface area (Å²) in [5.41, 5.74) is 1.96. The number of hydrogen-bond donors (Lipinski definition) is 1. The molecule has 0 radical (unpaired) electrons. The Morgan fingerprint density at radius 2 is 1.87 bits per heavy atom. The maximum atomic E-state index is 13.1. The van der Waals surface area contributed by atoms with E-state index in [2.05, 4.69) is 5.32 Å². The largest absolute Gasteiger partial charge is 0.484 e. The molecular formula is C24H29ClN2O3. The normalized spacial score (nSPS) is 14.9. The average Bonchev–Trinajstić information content (AvgIpc) is 3.24. The molecule has 6 heteroatoms. The number of benzene rings is 2. The molecule has 1 N–H and O–H groups in total. The first kappa shape index (κ1) is 22.2. The highest BCUT2D eigenvalue weighted by molar-refractivity contribution is 6.30. The van der Waals surface area contributed by atoms with Gasteiger partial charge < -0.3 is 15.0 Å². The maximum absolute atomic E-state index is 13.1. The summed E-state index contributed by atoms with van der Waals surface area (Å²) in [7, 11) is 0. The number of halogens is 1. The molecule has 1 aliphatic carbocycles. The molecule has 1 aliphatic rings. The maximum Gasteiger partial charge on any atom is 0.261 e. The van der Waals surface area contributed by atoms with Gasteiger partial charge in [-0.2, -0.15) is 0 Å². The van der Waals surface area contributed by atoms with Gasteiger partial charge in [0.1, 0.15) is 11.8 Å². The summed E-state index contributed by atoms with van der Waals surface area (Å²) in [6, 6.07) is 14.5. The minimum absolute atomic E-state index is 0.125. The summed E-state index contributed by atoms with van der Waals surface area (Å²) in [6.45, 7) is 3.92. The third kappa shape index (κ3) is 6.23. The van der Waals surface area contributed by atoms with E-state index < -0.39 is 6.04 Å². The third-order valence-corrected chi connectivity index (χ3v) is 5.74. The quantitative estimate of drug-likeness (QED) is 0.673. The van der Waals surface area contributed by atoms with Crippen LogP contribution in [-0.4, -0.2) is 35.4 Å². The minimum atomic E-state index is -0.602. The predicted octanol–water partition coefficient (Wildman–Crippen LogP) is 4.50. The molecule has 2 aromatic rings. The number of aryl methyl sites for hydroxylation is 1. The van der Waals surface area contributed by atoms with Gasteiger partial charge in [-0.15, -0.1) is 0 Å². The lowest BCUT2D eigenvalue weighted by atomic mass is 10.1. The standard InChI is InChI=1S/C24H29ClN2O3/c1-17-6-5-9-22(14-17)30-16-23(28)27(15-19-10-12-20(25)13-11-19)18(2)24(29)26-21-7-3-4-8-21/h5-6,9-14,18,21H,3-4,7-8,15-16H2,1-2H3,(H,26,29). The van der Waals surface area contributed by atoms with Gasteiger partial charge in [0.25, 0.3) is 5.91 Å². The van der Waals surface area contributed by atoms with Crippen LogP contribution in [-0.2, 0) is 16.1 Å². The number of ether oxygens (including phenoxy) is 1. The minimum Gasteiger partial charge on any atom is -0.484 e. The fraction of sp³-hybridized carbons (Fsp3) is 0.417. The van der Waals surface area contributed by atoms with Crippen LogP contribution in [0.4, 0.5) is 0 Å². The van der Waals surface area contributed by atoms with Crippen LogP contribution in [0.25, 0.3) is 0 Å². The van der Waals surface area contributed by atoms with Gasteiger partial charge in [0, 0.05) is 17.6 Å². The lowest BCUT2D eigenvalue weighted by molar-refractivity contribution is -0.142. The molecule has 2 aromatic carbocycles. The molecule has 0 saturated heterocycles. The van der Waals surface area contributed by atoms with Gasteiger partial charge in [-0.05, 0) is 62.1 Å². The first-order valence-corrected chi connectivity index (χ1v) is 10.8. The van der Waals surface area contributed by atoms with Gasteiger partial charge >= 0.3 is 0 Å². The molecule has 1 fully saturated rings. The van der Waals surface area contributed by atoms with E-state index in [1.54, 1.807) is 24.0 Å². The molecule has 0 aliphatic heterocycles. The summed E-state index contributed by atoms with van der Waals surface area (Å²) in [6.07, 6.45) is 4.27. The Morgan fingerprint density at radius 1 is 1.17 bits per heavy atom. The fourth-order valence-corrected chi connectivity index (χ4v) is 3.82. The predicted molar refractivity (Wildman–Crippen MR) is 119 cm³/mol. The van der Waals surface area contributed by atoms with E-state index in [9.17, 15) is 9.59 Å². The molecule has 2 amide bonds. The van der Waals surface area contributed by atoms with Gasteiger partial charge in [0.15, 0.2) is 6.61 Å². The first-order valence-electron chi connectivity index (χ1n) is 10.5. The van der Waals surface area contributed by atoms with E-state index in [1.807, 2.05) is 43.3 Å². The van der Waals surface area contributed by atoms with Crippen molar-refractivity contribution in [2.75, 3.05) is 6.61 Å². The van der Waals surface area contributed by atoms with Crippen molar-refractivity contribution in [3.63, 3.8) is 0 Å². The van der Waals surface area contributed by atoms with Gasteiger partial charge in [-0.25, -0.2) is 0 Å². The topological polar surface area (TPSA) is 58.6 Å². The summed E-state index contributed by atoms with van der Waals surface area (Å²) in [4.78, 5) is 27.5. The van der Waals surface area contributed by atoms with Crippen LogP contribution < -0.4 is 10.1 Å². The van der Waals surface area contributed by atoms with Crippen LogP contribution in [0.3, 0.4) is 0 Å². The molecule has 1 atom stereocenters. The van der Waals surface area contributed by atoms with Crippen molar-refractivity contribution in [2.24, 2.45) is 0 Å². The zero-order chi connectivity index (χ0) is 21.5. The molecule has 1 saturated carbocycles. The summed E-state index contributed by atoms with van der Waals surface area (Å²) < 4.78 is 5.71. The van der Waals surface area contributed by atoms with Gasteiger partial charge in [-0.1, -0.05) is 48.7 Å².